The minimum absolute atomic E-state index is 0.0163. The van der Waals surface area contributed by atoms with Crippen LogP contribution in [0.15, 0.2) is 90.3 Å². The van der Waals surface area contributed by atoms with E-state index in [1.807, 2.05) is 60.0 Å². The lowest BCUT2D eigenvalue weighted by molar-refractivity contribution is -0.384. The maximum Gasteiger partial charge on any atom is 0.269 e. The van der Waals surface area contributed by atoms with E-state index in [4.69, 9.17) is 4.98 Å². The first-order valence-corrected chi connectivity index (χ1v) is 10.8. The zero-order chi connectivity index (χ0) is 22.3. The van der Waals surface area contributed by atoms with Crippen molar-refractivity contribution < 1.29 is 9.72 Å². The highest BCUT2D eigenvalue weighted by atomic mass is 32.1. The third kappa shape index (κ3) is 5.33. The summed E-state index contributed by atoms with van der Waals surface area (Å²) < 4.78 is 0. The molecular formula is C25H19N3O3S. The third-order valence-electron chi connectivity index (χ3n) is 4.75. The molecule has 0 fully saturated rings. The number of nitro groups is 1. The molecule has 0 aliphatic heterocycles. The summed E-state index contributed by atoms with van der Waals surface area (Å²) in [5, 5.41) is 16.5. The number of aromatic nitrogens is 1. The van der Waals surface area contributed by atoms with Crippen LogP contribution in [0.2, 0.25) is 0 Å². The zero-order valence-electron chi connectivity index (χ0n) is 17.0. The Morgan fingerprint density at radius 2 is 1.75 bits per heavy atom. The molecule has 1 aromatic heterocycles. The van der Waals surface area contributed by atoms with Crippen molar-refractivity contribution in [3.8, 4) is 21.8 Å². The third-order valence-corrected chi connectivity index (χ3v) is 5.64. The molecule has 0 unspecified atom stereocenters. The topological polar surface area (TPSA) is 85.1 Å². The summed E-state index contributed by atoms with van der Waals surface area (Å²) >= 11 is 1.59. The van der Waals surface area contributed by atoms with Crippen LogP contribution in [0, 0.1) is 10.1 Å². The average molecular weight is 442 g/mol. The summed E-state index contributed by atoms with van der Waals surface area (Å²) in [6.07, 6.45) is 3.04. The quantitative estimate of drug-likeness (QED) is 0.226. The highest BCUT2D eigenvalue weighted by Gasteiger charge is 2.08. The molecule has 1 heterocycles. The van der Waals surface area contributed by atoms with E-state index in [0.717, 1.165) is 27.4 Å². The van der Waals surface area contributed by atoms with Crippen LogP contribution in [0.25, 0.3) is 27.9 Å². The summed E-state index contributed by atoms with van der Waals surface area (Å²) in [5.41, 5.74) is 4.73. The van der Waals surface area contributed by atoms with Crippen molar-refractivity contribution in [2.75, 3.05) is 0 Å². The Kier molecular flexibility index (Phi) is 6.48. The average Bonchev–Trinajstić information content (AvgIpc) is 3.33. The SMILES string of the molecule is O=C(/C=C/c1ccc([N+](=O)[O-])cc1)NCc1cccc(-c2nc(-c3ccccc3)cs2)c1. The van der Waals surface area contributed by atoms with Crippen molar-refractivity contribution in [3.05, 3.63) is 112 Å². The predicted octanol–water partition coefficient (Wildman–Crippen LogP) is 5.71. The van der Waals surface area contributed by atoms with Gasteiger partial charge in [0, 0.05) is 41.3 Å². The Labute approximate surface area is 189 Å². The molecule has 4 aromatic rings. The van der Waals surface area contributed by atoms with Gasteiger partial charge in [0.15, 0.2) is 0 Å². The summed E-state index contributed by atoms with van der Waals surface area (Å²) in [6, 6.07) is 24.0. The number of nitrogens with one attached hydrogen (secondary N) is 1. The van der Waals surface area contributed by atoms with Crippen molar-refractivity contribution in [2.45, 2.75) is 6.54 Å². The Hall–Kier alpha value is -4.10. The van der Waals surface area contributed by atoms with E-state index in [1.165, 1.54) is 18.2 Å². The number of hydrogen-bond donors (Lipinski definition) is 1. The first-order valence-electron chi connectivity index (χ1n) is 9.89. The second-order valence-electron chi connectivity index (χ2n) is 7.00. The van der Waals surface area contributed by atoms with Crippen LogP contribution < -0.4 is 5.32 Å². The molecule has 7 heteroatoms. The van der Waals surface area contributed by atoms with E-state index in [0.29, 0.717) is 12.1 Å². The highest BCUT2D eigenvalue weighted by molar-refractivity contribution is 7.13. The lowest BCUT2D eigenvalue weighted by Gasteiger charge is -2.05. The summed E-state index contributed by atoms with van der Waals surface area (Å²) in [7, 11) is 0. The van der Waals surface area contributed by atoms with E-state index in [9.17, 15) is 14.9 Å². The van der Waals surface area contributed by atoms with Gasteiger partial charge >= 0.3 is 0 Å². The number of carbonyl (C=O) groups excluding carboxylic acids is 1. The molecule has 0 aliphatic carbocycles. The van der Waals surface area contributed by atoms with Crippen LogP contribution in [0.1, 0.15) is 11.1 Å². The first kappa shape index (κ1) is 21.1. The maximum absolute atomic E-state index is 12.2. The van der Waals surface area contributed by atoms with Crippen LogP contribution in [-0.4, -0.2) is 15.8 Å². The second-order valence-corrected chi connectivity index (χ2v) is 7.86. The van der Waals surface area contributed by atoms with Crippen molar-refractivity contribution in [2.24, 2.45) is 0 Å². The molecule has 1 N–H and O–H groups in total. The lowest BCUT2D eigenvalue weighted by atomic mass is 10.1. The van der Waals surface area contributed by atoms with Crippen LogP contribution in [-0.2, 0) is 11.3 Å². The van der Waals surface area contributed by atoms with Gasteiger partial charge in [0.2, 0.25) is 5.91 Å². The van der Waals surface area contributed by atoms with E-state index >= 15 is 0 Å². The molecule has 1 amide bonds. The second kappa shape index (κ2) is 9.80. The number of non-ortho nitro benzene ring substituents is 1. The van der Waals surface area contributed by atoms with Crippen molar-refractivity contribution >= 4 is 29.0 Å². The summed E-state index contributed by atoms with van der Waals surface area (Å²) in [5.74, 6) is -0.241. The Morgan fingerprint density at radius 3 is 2.50 bits per heavy atom. The highest BCUT2D eigenvalue weighted by Crippen LogP contribution is 2.29. The Morgan fingerprint density at radius 1 is 1.00 bits per heavy atom. The summed E-state index contributed by atoms with van der Waals surface area (Å²) in [6.45, 7) is 0.383. The number of nitrogens with zero attached hydrogens (tertiary/aromatic N) is 2. The molecule has 0 saturated heterocycles. The van der Waals surface area contributed by atoms with Gasteiger partial charge in [-0.15, -0.1) is 11.3 Å². The normalized spacial score (nSPS) is 10.9. The van der Waals surface area contributed by atoms with Gasteiger partial charge in [0.1, 0.15) is 5.01 Å². The number of amides is 1. The molecule has 0 saturated carbocycles. The van der Waals surface area contributed by atoms with Gasteiger partial charge < -0.3 is 5.32 Å². The van der Waals surface area contributed by atoms with E-state index in [1.54, 1.807) is 29.5 Å². The molecule has 0 spiro atoms. The van der Waals surface area contributed by atoms with Crippen molar-refractivity contribution in [3.63, 3.8) is 0 Å². The van der Waals surface area contributed by atoms with Gasteiger partial charge in [0.05, 0.1) is 10.6 Å². The molecular weight excluding hydrogens is 422 g/mol. The molecule has 4 rings (SSSR count). The van der Waals surface area contributed by atoms with E-state index < -0.39 is 4.92 Å². The summed E-state index contributed by atoms with van der Waals surface area (Å²) in [4.78, 5) is 27.2. The fourth-order valence-corrected chi connectivity index (χ4v) is 3.92. The Balaban J connectivity index is 1.37. The van der Waals surface area contributed by atoms with Crippen molar-refractivity contribution in [1.29, 1.82) is 0 Å². The smallest absolute Gasteiger partial charge is 0.269 e. The van der Waals surface area contributed by atoms with Crippen LogP contribution >= 0.6 is 11.3 Å². The van der Waals surface area contributed by atoms with Gasteiger partial charge in [-0.05, 0) is 35.4 Å². The number of carbonyl (C=O) groups is 1. The van der Waals surface area contributed by atoms with Gasteiger partial charge in [-0.2, -0.15) is 0 Å². The van der Waals surface area contributed by atoms with Gasteiger partial charge in [-0.25, -0.2) is 4.98 Å². The molecule has 0 radical (unpaired) electrons. The van der Waals surface area contributed by atoms with E-state index in [2.05, 4.69) is 5.32 Å². The molecule has 32 heavy (non-hydrogen) atoms. The fourth-order valence-electron chi connectivity index (χ4n) is 3.09. The first-order chi connectivity index (χ1) is 15.6. The molecule has 0 atom stereocenters. The minimum atomic E-state index is -0.456. The maximum atomic E-state index is 12.2. The predicted molar refractivity (Wildman–Crippen MR) is 127 cm³/mol. The fraction of sp³-hybridized carbons (Fsp3) is 0.0400. The minimum Gasteiger partial charge on any atom is -0.348 e. The number of hydrogen-bond acceptors (Lipinski definition) is 5. The van der Waals surface area contributed by atoms with Crippen LogP contribution in [0.4, 0.5) is 5.69 Å². The molecule has 6 nitrogen and oxygen atoms in total. The molecule has 0 bridgehead atoms. The zero-order valence-corrected chi connectivity index (χ0v) is 17.8. The van der Waals surface area contributed by atoms with Gasteiger partial charge in [-0.1, -0.05) is 48.5 Å². The van der Waals surface area contributed by atoms with Gasteiger partial charge in [0.25, 0.3) is 5.69 Å². The Bertz CT molecular complexity index is 1270. The molecule has 0 aliphatic rings. The van der Waals surface area contributed by atoms with Crippen LogP contribution in [0.5, 0.6) is 0 Å². The van der Waals surface area contributed by atoms with Crippen LogP contribution in [0.3, 0.4) is 0 Å². The largest absolute Gasteiger partial charge is 0.348 e. The standard InChI is InChI=1S/C25H19N3O3S/c29-24(14-11-18-9-12-22(13-10-18)28(30)31)26-16-19-5-4-8-21(15-19)25-27-23(17-32-25)20-6-2-1-3-7-20/h1-15,17H,16H2,(H,26,29)/b14-11+. The number of rotatable bonds is 7. The molecule has 3 aromatic carbocycles. The van der Waals surface area contributed by atoms with E-state index in [-0.39, 0.29) is 11.6 Å². The number of thiazole rings is 1. The number of nitro benzene ring substituents is 1. The van der Waals surface area contributed by atoms with Crippen molar-refractivity contribution in [1.82, 2.24) is 10.3 Å². The lowest BCUT2D eigenvalue weighted by Crippen LogP contribution is -2.20. The molecule has 158 valence electrons. The van der Waals surface area contributed by atoms with Gasteiger partial charge in [-0.3, -0.25) is 14.9 Å². The monoisotopic (exact) mass is 441 g/mol. The number of benzene rings is 3.